The fraction of sp³-hybridized carbons (Fsp3) is 0.636. The highest BCUT2D eigenvalue weighted by Crippen LogP contribution is 2.39. The fourth-order valence-electron chi connectivity index (χ4n) is 1.88. The average molecular weight is 219 g/mol. The number of anilines is 2. The van der Waals surface area contributed by atoms with E-state index < -0.39 is 0 Å². The molecule has 16 heavy (non-hydrogen) atoms. The molecule has 1 aromatic rings. The van der Waals surface area contributed by atoms with Crippen LogP contribution >= 0.6 is 0 Å². The molecule has 5 heteroatoms. The summed E-state index contributed by atoms with van der Waals surface area (Å²) in [5.74, 6) is 8.65. The maximum atomic E-state index is 5.44. The predicted molar refractivity (Wildman–Crippen MR) is 63.2 cm³/mol. The van der Waals surface area contributed by atoms with Gasteiger partial charge in [0.15, 0.2) is 0 Å². The summed E-state index contributed by atoms with van der Waals surface area (Å²) in [5.41, 5.74) is 2.63. The molecule has 2 aliphatic carbocycles. The first-order chi connectivity index (χ1) is 7.78. The van der Waals surface area contributed by atoms with E-state index in [4.69, 9.17) is 5.84 Å². The van der Waals surface area contributed by atoms with Crippen molar-refractivity contribution in [3.63, 3.8) is 0 Å². The molecular weight excluding hydrogens is 202 g/mol. The SMILES string of the molecule is CN(c1cc(NN)nc(C2CC2)n1)C1CC1. The lowest BCUT2D eigenvalue weighted by Gasteiger charge is -2.18. The van der Waals surface area contributed by atoms with E-state index in [-0.39, 0.29) is 0 Å². The Hall–Kier alpha value is -1.36. The normalized spacial score (nSPS) is 19.6. The molecule has 86 valence electrons. The van der Waals surface area contributed by atoms with Crippen molar-refractivity contribution in [2.45, 2.75) is 37.6 Å². The molecule has 5 nitrogen and oxygen atoms in total. The predicted octanol–water partition coefficient (Wildman–Crippen LogP) is 1.24. The molecule has 0 unspecified atom stereocenters. The Labute approximate surface area is 95.0 Å². The molecule has 3 N–H and O–H groups in total. The van der Waals surface area contributed by atoms with Crippen molar-refractivity contribution in [3.05, 3.63) is 11.9 Å². The van der Waals surface area contributed by atoms with Gasteiger partial charge in [-0.2, -0.15) is 0 Å². The van der Waals surface area contributed by atoms with Crippen LogP contribution in [0, 0.1) is 0 Å². The van der Waals surface area contributed by atoms with Gasteiger partial charge in [0, 0.05) is 25.1 Å². The number of hydrogen-bond donors (Lipinski definition) is 2. The Balaban J connectivity index is 1.92. The highest BCUT2D eigenvalue weighted by atomic mass is 15.3. The number of aromatic nitrogens is 2. The van der Waals surface area contributed by atoms with Crippen molar-refractivity contribution in [1.82, 2.24) is 9.97 Å². The zero-order chi connectivity index (χ0) is 11.1. The van der Waals surface area contributed by atoms with Gasteiger partial charge in [0.1, 0.15) is 17.5 Å². The molecule has 0 amide bonds. The van der Waals surface area contributed by atoms with E-state index in [0.717, 1.165) is 17.5 Å². The Morgan fingerprint density at radius 2 is 2.06 bits per heavy atom. The Kier molecular flexibility index (Phi) is 2.21. The third-order valence-electron chi connectivity index (χ3n) is 3.28. The second-order valence-electron chi connectivity index (χ2n) is 4.73. The lowest BCUT2D eigenvalue weighted by Crippen LogP contribution is -2.22. The van der Waals surface area contributed by atoms with Crippen LogP contribution in [0.25, 0.3) is 0 Å². The molecule has 0 atom stereocenters. The van der Waals surface area contributed by atoms with Gasteiger partial charge < -0.3 is 10.3 Å². The number of hydrazine groups is 1. The maximum absolute atomic E-state index is 5.44. The number of nitrogens with one attached hydrogen (secondary N) is 1. The van der Waals surface area contributed by atoms with Crippen molar-refractivity contribution in [3.8, 4) is 0 Å². The van der Waals surface area contributed by atoms with Crippen LogP contribution in [-0.2, 0) is 0 Å². The minimum absolute atomic E-state index is 0.555. The molecule has 2 saturated carbocycles. The van der Waals surface area contributed by atoms with Crippen molar-refractivity contribution in [1.29, 1.82) is 0 Å². The van der Waals surface area contributed by atoms with E-state index in [1.807, 2.05) is 6.07 Å². The van der Waals surface area contributed by atoms with Crippen LogP contribution in [0.15, 0.2) is 6.07 Å². The Morgan fingerprint density at radius 3 is 2.62 bits per heavy atom. The molecular formula is C11H17N5. The van der Waals surface area contributed by atoms with Crippen molar-refractivity contribution in [2.75, 3.05) is 17.4 Å². The summed E-state index contributed by atoms with van der Waals surface area (Å²) in [6.07, 6.45) is 4.95. The molecule has 0 aromatic carbocycles. The van der Waals surface area contributed by atoms with E-state index in [2.05, 4.69) is 27.3 Å². The topological polar surface area (TPSA) is 67.1 Å². The van der Waals surface area contributed by atoms with E-state index >= 15 is 0 Å². The minimum atomic E-state index is 0.555. The summed E-state index contributed by atoms with van der Waals surface area (Å²) < 4.78 is 0. The van der Waals surface area contributed by atoms with Gasteiger partial charge in [0.2, 0.25) is 0 Å². The van der Waals surface area contributed by atoms with Gasteiger partial charge in [-0.15, -0.1) is 0 Å². The van der Waals surface area contributed by atoms with Crippen LogP contribution in [0.5, 0.6) is 0 Å². The third-order valence-corrected chi connectivity index (χ3v) is 3.28. The second kappa shape index (κ2) is 3.59. The van der Waals surface area contributed by atoms with Crippen molar-refractivity contribution < 1.29 is 0 Å². The first-order valence-corrected chi connectivity index (χ1v) is 5.86. The van der Waals surface area contributed by atoms with Crippen LogP contribution in [0.2, 0.25) is 0 Å². The molecule has 0 saturated heterocycles. The molecule has 0 spiro atoms. The molecule has 0 radical (unpaired) electrons. The van der Waals surface area contributed by atoms with Crippen molar-refractivity contribution in [2.24, 2.45) is 5.84 Å². The first-order valence-electron chi connectivity index (χ1n) is 5.86. The standard InChI is InChI=1S/C11H17N5/c1-16(8-4-5-8)10-6-9(15-12)13-11(14-10)7-2-3-7/h6-8H,2-5,12H2,1H3,(H,13,14,15). The average Bonchev–Trinajstić information content (AvgIpc) is 3.20. The zero-order valence-corrected chi connectivity index (χ0v) is 9.48. The van der Waals surface area contributed by atoms with E-state index in [0.29, 0.717) is 12.0 Å². The molecule has 0 aliphatic heterocycles. The third kappa shape index (κ3) is 1.82. The molecule has 0 bridgehead atoms. The largest absolute Gasteiger partial charge is 0.357 e. The highest BCUT2D eigenvalue weighted by Gasteiger charge is 2.30. The lowest BCUT2D eigenvalue weighted by molar-refractivity contribution is 0.851. The molecule has 2 aliphatic rings. The van der Waals surface area contributed by atoms with Crippen LogP contribution in [0.1, 0.15) is 37.4 Å². The van der Waals surface area contributed by atoms with E-state index in [1.165, 1.54) is 25.7 Å². The summed E-state index contributed by atoms with van der Waals surface area (Å²) >= 11 is 0. The number of nitrogens with two attached hydrogens (primary N) is 1. The van der Waals surface area contributed by atoms with Gasteiger partial charge in [0.25, 0.3) is 0 Å². The van der Waals surface area contributed by atoms with Gasteiger partial charge in [-0.25, -0.2) is 15.8 Å². The maximum Gasteiger partial charge on any atom is 0.145 e. The summed E-state index contributed by atoms with van der Waals surface area (Å²) in [5, 5.41) is 0. The fourth-order valence-corrected chi connectivity index (χ4v) is 1.88. The van der Waals surface area contributed by atoms with E-state index in [1.54, 1.807) is 0 Å². The summed E-state index contributed by atoms with van der Waals surface area (Å²) in [7, 11) is 2.09. The number of rotatable bonds is 4. The summed E-state index contributed by atoms with van der Waals surface area (Å²) in [6, 6.07) is 2.58. The van der Waals surface area contributed by atoms with Gasteiger partial charge >= 0.3 is 0 Å². The van der Waals surface area contributed by atoms with Crippen molar-refractivity contribution >= 4 is 11.6 Å². The zero-order valence-electron chi connectivity index (χ0n) is 9.48. The highest BCUT2D eigenvalue weighted by molar-refractivity contribution is 5.50. The van der Waals surface area contributed by atoms with Crippen LogP contribution in [-0.4, -0.2) is 23.1 Å². The van der Waals surface area contributed by atoms with Gasteiger partial charge in [-0.05, 0) is 25.7 Å². The summed E-state index contributed by atoms with van der Waals surface area (Å²) in [4.78, 5) is 11.3. The monoisotopic (exact) mass is 219 g/mol. The number of nitrogen functional groups attached to an aromatic ring is 1. The number of nitrogens with zero attached hydrogens (tertiary/aromatic N) is 3. The van der Waals surface area contributed by atoms with Crippen LogP contribution in [0.4, 0.5) is 11.6 Å². The van der Waals surface area contributed by atoms with Gasteiger partial charge in [-0.1, -0.05) is 0 Å². The first kappa shape index (κ1) is 9.84. The smallest absolute Gasteiger partial charge is 0.145 e. The molecule has 1 aromatic heterocycles. The van der Waals surface area contributed by atoms with Gasteiger partial charge in [-0.3, -0.25) is 0 Å². The van der Waals surface area contributed by atoms with Crippen LogP contribution < -0.4 is 16.2 Å². The van der Waals surface area contributed by atoms with Crippen LogP contribution in [0.3, 0.4) is 0 Å². The molecule has 1 heterocycles. The second-order valence-corrected chi connectivity index (χ2v) is 4.73. The molecule has 3 rings (SSSR count). The quantitative estimate of drug-likeness (QED) is 0.589. The number of hydrogen-bond acceptors (Lipinski definition) is 5. The Bertz CT molecular complexity index is 397. The van der Waals surface area contributed by atoms with Gasteiger partial charge in [0.05, 0.1) is 0 Å². The minimum Gasteiger partial charge on any atom is -0.357 e. The van der Waals surface area contributed by atoms with E-state index in [9.17, 15) is 0 Å². The molecule has 2 fully saturated rings. The Morgan fingerprint density at radius 1 is 1.31 bits per heavy atom. The summed E-state index contributed by atoms with van der Waals surface area (Å²) in [6.45, 7) is 0. The lowest BCUT2D eigenvalue weighted by atomic mass is 10.3.